The number of thiophene rings is 1. The molecule has 36 heavy (non-hydrogen) atoms. The molecule has 6 nitrogen and oxygen atoms in total. The van der Waals surface area contributed by atoms with Crippen LogP contribution in [0, 0.1) is 12.8 Å². The Hall–Kier alpha value is -3.29. The number of fused-ring (bicyclic) bond motifs is 1. The van der Waals surface area contributed by atoms with Crippen molar-refractivity contribution >= 4 is 27.5 Å². The predicted molar refractivity (Wildman–Crippen MR) is 148 cm³/mol. The van der Waals surface area contributed by atoms with Gasteiger partial charge in [-0.25, -0.2) is 4.98 Å². The van der Waals surface area contributed by atoms with Crippen molar-refractivity contribution in [2.75, 3.05) is 33.7 Å². The predicted octanol–water partition coefficient (Wildman–Crippen LogP) is 4.70. The molecule has 2 heterocycles. The average molecular weight is 503 g/mol. The third-order valence-corrected chi connectivity index (χ3v) is 7.12. The van der Waals surface area contributed by atoms with E-state index in [0.717, 1.165) is 28.3 Å². The largest absolute Gasteiger partial charge is 0.337 e. The number of carbonyl (C=O) groups is 1. The van der Waals surface area contributed by atoms with Crippen molar-refractivity contribution in [2.24, 2.45) is 5.92 Å². The lowest BCUT2D eigenvalue weighted by atomic mass is 10.0. The summed E-state index contributed by atoms with van der Waals surface area (Å²) in [5.41, 5.74) is 2.89. The van der Waals surface area contributed by atoms with Crippen LogP contribution in [0.25, 0.3) is 10.2 Å². The highest BCUT2D eigenvalue weighted by molar-refractivity contribution is 7.16. The summed E-state index contributed by atoms with van der Waals surface area (Å²) in [6.45, 7) is 6.63. The van der Waals surface area contributed by atoms with Gasteiger partial charge in [-0.15, -0.1) is 11.3 Å². The molecule has 0 saturated carbocycles. The van der Waals surface area contributed by atoms with E-state index in [-0.39, 0.29) is 17.4 Å². The lowest BCUT2D eigenvalue weighted by molar-refractivity contribution is 0.0719. The Morgan fingerprint density at radius 1 is 1.03 bits per heavy atom. The summed E-state index contributed by atoms with van der Waals surface area (Å²) in [7, 11) is 4.03. The zero-order chi connectivity index (χ0) is 25.7. The zero-order valence-corrected chi connectivity index (χ0v) is 22.3. The molecule has 0 aliphatic heterocycles. The van der Waals surface area contributed by atoms with Gasteiger partial charge in [-0.05, 0) is 56.1 Å². The van der Waals surface area contributed by atoms with Gasteiger partial charge in [-0.2, -0.15) is 0 Å². The number of nitrogens with zero attached hydrogens (tertiary/aromatic N) is 4. The number of aryl methyl sites for hydroxylation is 1. The van der Waals surface area contributed by atoms with E-state index in [4.69, 9.17) is 4.98 Å². The molecule has 0 saturated heterocycles. The highest BCUT2D eigenvalue weighted by Gasteiger charge is 2.21. The summed E-state index contributed by atoms with van der Waals surface area (Å²) in [4.78, 5) is 36.5. The third-order valence-electron chi connectivity index (χ3n) is 6.31. The average Bonchev–Trinajstić information content (AvgIpc) is 3.33. The molecule has 2 aromatic carbocycles. The van der Waals surface area contributed by atoms with E-state index in [0.29, 0.717) is 37.0 Å². The Kier molecular flexibility index (Phi) is 8.33. The number of hydrogen-bond acceptors (Lipinski definition) is 5. The molecule has 0 N–H and O–H groups in total. The van der Waals surface area contributed by atoms with Crippen LogP contribution in [0.5, 0.6) is 0 Å². The Labute approximate surface area is 216 Å². The molecule has 0 radical (unpaired) electrons. The van der Waals surface area contributed by atoms with Gasteiger partial charge in [-0.1, -0.05) is 55.0 Å². The minimum absolute atomic E-state index is 0.00695. The number of carbonyl (C=O) groups excluding carboxylic acids is 1. The van der Waals surface area contributed by atoms with Crippen molar-refractivity contribution in [1.82, 2.24) is 19.4 Å². The van der Waals surface area contributed by atoms with Gasteiger partial charge in [0.05, 0.1) is 11.9 Å². The zero-order valence-electron chi connectivity index (χ0n) is 21.5. The highest BCUT2D eigenvalue weighted by atomic mass is 32.1. The van der Waals surface area contributed by atoms with Gasteiger partial charge >= 0.3 is 0 Å². The van der Waals surface area contributed by atoms with Gasteiger partial charge in [0.15, 0.2) is 0 Å². The van der Waals surface area contributed by atoms with Crippen molar-refractivity contribution in [1.29, 1.82) is 0 Å². The molecule has 1 unspecified atom stereocenters. The van der Waals surface area contributed by atoms with Crippen LogP contribution in [0.3, 0.4) is 0 Å². The van der Waals surface area contributed by atoms with E-state index in [1.807, 2.05) is 92.0 Å². The van der Waals surface area contributed by atoms with Gasteiger partial charge in [0.1, 0.15) is 10.7 Å². The normalized spacial score (nSPS) is 12.2. The third kappa shape index (κ3) is 6.28. The maximum atomic E-state index is 13.4. The maximum absolute atomic E-state index is 13.4. The second-order valence-electron chi connectivity index (χ2n) is 9.77. The van der Waals surface area contributed by atoms with E-state index < -0.39 is 0 Å². The lowest BCUT2D eigenvalue weighted by Gasteiger charge is -2.28. The maximum Gasteiger partial charge on any atom is 0.262 e. The van der Waals surface area contributed by atoms with Crippen molar-refractivity contribution in [3.63, 3.8) is 0 Å². The minimum Gasteiger partial charge on any atom is -0.337 e. The molecule has 1 amide bonds. The molecule has 0 spiro atoms. The van der Waals surface area contributed by atoms with Gasteiger partial charge in [0.25, 0.3) is 11.5 Å². The van der Waals surface area contributed by atoms with Crippen LogP contribution in [0.4, 0.5) is 0 Å². The van der Waals surface area contributed by atoms with E-state index in [1.54, 1.807) is 4.57 Å². The first-order valence-electron chi connectivity index (χ1n) is 12.3. The number of likely N-dealkylation sites (N-methyl/N-ethyl adjacent to an activating group) is 1. The second-order valence-corrected chi connectivity index (χ2v) is 10.7. The molecule has 4 aromatic rings. The molecule has 0 bridgehead atoms. The standard InChI is InChI=1S/C29H34N4O2S/c1-21-10-12-24(13-11-21)28(34)32(16-15-31(3)4)19-22(2)18-26-30-27-25(14-17-36-27)29(35)33(26)20-23-8-6-5-7-9-23/h5-14,17,22H,15-16,18-20H2,1-4H3. The van der Waals surface area contributed by atoms with Gasteiger partial charge in [0.2, 0.25) is 0 Å². The number of aromatic nitrogens is 2. The summed E-state index contributed by atoms with van der Waals surface area (Å²) < 4.78 is 1.80. The second kappa shape index (κ2) is 11.6. The van der Waals surface area contributed by atoms with Crippen molar-refractivity contribution in [3.05, 3.63) is 98.9 Å². The van der Waals surface area contributed by atoms with Gasteiger partial charge < -0.3 is 9.80 Å². The van der Waals surface area contributed by atoms with Gasteiger partial charge in [-0.3, -0.25) is 14.2 Å². The van der Waals surface area contributed by atoms with Crippen LogP contribution in [0.15, 0.2) is 70.8 Å². The van der Waals surface area contributed by atoms with Crippen LogP contribution in [0.1, 0.15) is 34.2 Å². The molecule has 4 rings (SSSR count). The first-order chi connectivity index (χ1) is 17.3. The van der Waals surface area contributed by atoms with E-state index in [1.165, 1.54) is 11.3 Å². The molecule has 188 valence electrons. The topological polar surface area (TPSA) is 58.4 Å². The molecule has 0 aliphatic rings. The number of amides is 1. The number of hydrogen-bond donors (Lipinski definition) is 0. The van der Waals surface area contributed by atoms with E-state index in [2.05, 4.69) is 11.8 Å². The summed E-state index contributed by atoms with van der Waals surface area (Å²) in [5, 5.41) is 2.58. The summed E-state index contributed by atoms with van der Waals surface area (Å²) in [5.74, 6) is 0.918. The fourth-order valence-corrected chi connectivity index (χ4v) is 5.08. The molecule has 1 atom stereocenters. The summed E-state index contributed by atoms with van der Waals surface area (Å²) in [6, 6.07) is 19.6. The quantitative estimate of drug-likeness (QED) is 0.316. The first-order valence-corrected chi connectivity index (χ1v) is 13.2. The van der Waals surface area contributed by atoms with Crippen LogP contribution >= 0.6 is 11.3 Å². The van der Waals surface area contributed by atoms with Crippen LogP contribution in [-0.4, -0.2) is 59.0 Å². The molecular weight excluding hydrogens is 468 g/mol. The van der Waals surface area contributed by atoms with Crippen molar-refractivity contribution in [3.8, 4) is 0 Å². The van der Waals surface area contributed by atoms with Gasteiger partial charge in [0, 0.05) is 31.6 Å². The van der Waals surface area contributed by atoms with Crippen LogP contribution in [-0.2, 0) is 13.0 Å². The van der Waals surface area contributed by atoms with E-state index >= 15 is 0 Å². The van der Waals surface area contributed by atoms with Crippen molar-refractivity contribution in [2.45, 2.75) is 26.8 Å². The Morgan fingerprint density at radius 3 is 2.44 bits per heavy atom. The number of benzene rings is 2. The molecular formula is C29H34N4O2S. The Morgan fingerprint density at radius 2 is 1.75 bits per heavy atom. The molecule has 7 heteroatoms. The summed E-state index contributed by atoms with van der Waals surface area (Å²) in [6.07, 6.45) is 0.607. The molecule has 0 fully saturated rings. The first kappa shape index (κ1) is 25.8. The SMILES string of the molecule is Cc1ccc(C(=O)N(CCN(C)C)CC(C)Cc2nc3sccc3c(=O)n2Cc2ccccc2)cc1. The monoisotopic (exact) mass is 502 g/mol. The fraction of sp³-hybridized carbons (Fsp3) is 0.345. The lowest BCUT2D eigenvalue weighted by Crippen LogP contribution is -2.40. The summed E-state index contributed by atoms with van der Waals surface area (Å²) >= 11 is 1.49. The van der Waals surface area contributed by atoms with Crippen molar-refractivity contribution < 1.29 is 4.79 Å². The van der Waals surface area contributed by atoms with Crippen LogP contribution < -0.4 is 5.56 Å². The smallest absolute Gasteiger partial charge is 0.262 e. The molecule has 0 aliphatic carbocycles. The Balaban J connectivity index is 1.59. The Bertz CT molecular complexity index is 1360. The highest BCUT2D eigenvalue weighted by Crippen LogP contribution is 2.19. The number of rotatable bonds is 10. The van der Waals surface area contributed by atoms with Crippen LogP contribution in [0.2, 0.25) is 0 Å². The van der Waals surface area contributed by atoms with E-state index in [9.17, 15) is 9.59 Å². The molecule has 2 aromatic heterocycles. The fourth-order valence-electron chi connectivity index (χ4n) is 4.30. The minimum atomic E-state index is -0.00695.